The van der Waals surface area contributed by atoms with E-state index in [1.54, 1.807) is 12.1 Å². The summed E-state index contributed by atoms with van der Waals surface area (Å²) in [6.45, 7) is 3.13. The van der Waals surface area contributed by atoms with Crippen LogP contribution in [0.2, 0.25) is 0 Å². The first-order valence-corrected chi connectivity index (χ1v) is 10.5. The molecule has 0 saturated heterocycles. The number of hydrogen-bond donors (Lipinski definition) is 1. The van der Waals surface area contributed by atoms with Gasteiger partial charge < -0.3 is 10.2 Å². The number of amides is 3. The van der Waals surface area contributed by atoms with E-state index in [0.717, 1.165) is 23.3 Å². The Morgan fingerprint density at radius 1 is 0.968 bits per heavy atom. The average Bonchev–Trinajstić information content (AvgIpc) is 2.79. The SMILES string of the molecule is CCN(C)c1cccc(NC(=O)CCCN2C(=O)c3cccc4cccc(c34)C2=O)c1. The molecule has 1 N–H and O–H groups in total. The Hall–Kier alpha value is -3.67. The lowest BCUT2D eigenvalue weighted by molar-refractivity contribution is -0.116. The smallest absolute Gasteiger partial charge is 0.261 e. The maximum Gasteiger partial charge on any atom is 0.261 e. The van der Waals surface area contributed by atoms with Crippen molar-refractivity contribution in [3.63, 3.8) is 0 Å². The summed E-state index contributed by atoms with van der Waals surface area (Å²) in [6, 6.07) is 18.6. The van der Waals surface area contributed by atoms with E-state index in [2.05, 4.69) is 17.1 Å². The second kappa shape index (κ2) is 8.60. The van der Waals surface area contributed by atoms with Gasteiger partial charge in [0.1, 0.15) is 0 Å². The largest absolute Gasteiger partial charge is 0.375 e. The molecule has 3 amide bonds. The van der Waals surface area contributed by atoms with E-state index in [1.165, 1.54) is 4.90 Å². The normalized spacial score (nSPS) is 12.9. The molecule has 1 aliphatic heterocycles. The predicted molar refractivity (Wildman–Crippen MR) is 123 cm³/mol. The van der Waals surface area contributed by atoms with Crippen LogP contribution in [0.3, 0.4) is 0 Å². The van der Waals surface area contributed by atoms with Gasteiger partial charge >= 0.3 is 0 Å². The van der Waals surface area contributed by atoms with E-state index >= 15 is 0 Å². The third kappa shape index (κ3) is 4.01. The molecule has 0 unspecified atom stereocenters. The highest BCUT2D eigenvalue weighted by molar-refractivity contribution is 6.25. The van der Waals surface area contributed by atoms with Gasteiger partial charge in [0.25, 0.3) is 11.8 Å². The highest BCUT2D eigenvalue weighted by Gasteiger charge is 2.32. The molecule has 0 aromatic heterocycles. The lowest BCUT2D eigenvalue weighted by Crippen LogP contribution is -2.41. The Balaban J connectivity index is 1.40. The van der Waals surface area contributed by atoms with E-state index in [1.807, 2.05) is 55.6 Å². The van der Waals surface area contributed by atoms with Crippen LogP contribution >= 0.6 is 0 Å². The lowest BCUT2D eigenvalue weighted by Gasteiger charge is -2.27. The molecule has 3 aromatic rings. The quantitative estimate of drug-likeness (QED) is 0.584. The molecule has 1 aliphatic rings. The van der Waals surface area contributed by atoms with Gasteiger partial charge in [-0.05, 0) is 49.1 Å². The summed E-state index contributed by atoms with van der Waals surface area (Å²) in [5.41, 5.74) is 2.83. The van der Waals surface area contributed by atoms with Crippen molar-refractivity contribution in [2.45, 2.75) is 19.8 Å². The minimum absolute atomic E-state index is 0.143. The van der Waals surface area contributed by atoms with Gasteiger partial charge in [-0.1, -0.05) is 30.3 Å². The summed E-state index contributed by atoms with van der Waals surface area (Å²) >= 11 is 0. The molecule has 31 heavy (non-hydrogen) atoms. The molecular formula is C25H25N3O3. The number of imide groups is 1. The number of benzene rings is 3. The molecule has 0 atom stereocenters. The summed E-state index contributed by atoms with van der Waals surface area (Å²) in [5.74, 6) is -0.745. The Kier molecular flexibility index (Phi) is 5.71. The highest BCUT2D eigenvalue weighted by atomic mass is 16.2. The van der Waals surface area contributed by atoms with Gasteiger partial charge in [-0.2, -0.15) is 0 Å². The summed E-state index contributed by atoms with van der Waals surface area (Å²) in [5, 5.41) is 4.49. The first-order valence-electron chi connectivity index (χ1n) is 10.5. The third-order valence-corrected chi connectivity index (χ3v) is 5.69. The second-order valence-electron chi connectivity index (χ2n) is 7.69. The van der Waals surface area contributed by atoms with E-state index in [0.29, 0.717) is 22.9 Å². The van der Waals surface area contributed by atoms with Gasteiger partial charge in [0.15, 0.2) is 0 Å². The maximum absolute atomic E-state index is 12.9. The maximum atomic E-state index is 12.9. The van der Waals surface area contributed by atoms with Crippen LogP contribution in [0.25, 0.3) is 10.8 Å². The van der Waals surface area contributed by atoms with Gasteiger partial charge in [0.2, 0.25) is 5.91 Å². The van der Waals surface area contributed by atoms with Gasteiger partial charge in [0.05, 0.1) is 0 Å². The molecule has 4 rings (SSSR count). The molecule has 6 heteroatoms. The standard InChI is InChI=1S/C25H25N3O3/c1-3-27(2)19-11-6-10-18(16-19)26-22(29)14-7-15-28-24(30)20-12-4-8-17-9-5-13-21(23(17)20)25(28)31/h4-6,8-13,16H,3,7,14-15H2,1-2H3,(H,26,29). The number of nitrogens with zero attached hydrogens (tertiary/aromatic N) is 2. The molecular weight excluding hydrogens is 390 g/mol. The zero-order valence-corrected chi connectivity index (χ0v) is 17.7. The van der Waals surface area contributed by atoms with Crippen molar-refractivity contribution in [3.8, 4) is 0 Å². The minimum Gasteiger partial charge on any atom is -0.375 e. The van der Waals surface area contributed by atoms with E-state index in [4.69, 9.17) is 0 Å². The fourth-order valence-electron chi connectivity index (χ4n) is 3.91. The molecule has 0 bridgehead atoms. The third-order valence-electron chi connectivity index (χ3n) is 5.69. The van der Waals surface area contributed by atoms with Gasteiger partial charge in [-0.15, -0.1) is 0 Å². The lowest BCUT2D eigenvalue weighted by atomic mass is 9.94. The summed E-state index contributed by atoms with van der Waals surface area (Å²) < 4.78 is 0. The van der Waals surface area contributed by atoms with Crippen LogP contribution in [-0.4, -0.2) is 42.8 Å². The number of hydrogen-bond acceptors (Lipinski definition) is 4. The predicted octanol–water partition coefficient (Wildman–Crippen LogP) is 4.31. The molecule has 3 aromatic carbocycles. The topological polar surface area (TPSA) is 69.7 Å². The van der Waals surface area contributed by atoms with Crippen LogP contribution < -0.4 is 10.2 Å². The molecule has 158 valence electrons. The Morgan fingerprint density at radius 2 is 1.61 bits per heavy atom. The Morgan fingerprint density at radius 3 is 2.26 bits per heavy atom. The highest BCUT2D eigenvalue weighted by Crippen LogP contribution is 2.30. The molecule has 0 radical (unpaired) electrons. The van der Waals surface area contributed by atoms with Gasteiger partial charge in [0, 0.05) is 54.4 Å². The fraction of sp³-hybridized carbons (Fsp3) is 0.240. The van der Waals surface area contributed by atoms with Crippen LogP contribution in [0, 0.1) is 0 Å². The van der Waals surface area contributed by atoms with Crippen molar-refractivity contribution in [1.29, 1.82) is 0 Å². The second-order valence-corrected chi connectivity index (χ2v) is 7.69. The number of anilines is 2. The number of carbonyl (C=O) groups is 3. The van der Waals surface area contributed by atoms with Crippen molar-refractivity contribution in [3.05, 3.63) is 71.8 Å². The minimum atomic E-state index is -0.301. The summed E-state index contributed by atoms with van der Waals surface area (Å²) in [4.78, 5) is 41.6. The van der Waals surface area contributed by atoms with Crippen LogP contribution in [0.15, 0.2) is 60.7 Å². The zero-order valence-electron chi connectivity index (χ0n) is 17.7. The van der Waals surface area contributed by atoms with Gasteiger partial charge in [-0.25, -0.2) is 0 Å². The molecule has 1 heterocycles. The zero-order chi connectivity index (χ0) is 22.0. The Labute approximate surface area is 181 Å². The first kappa shape index (κ1) is 20.6. The van der Waals surface area contributed by atoms with Crippen molar-refractivity contribution in [2.75, 3.05) is 30.4 Å². The average molecular weight is 415 g/mol. The van der Waals surface area contributed by atoms with Crippen molar-refractivity contribution < 1.29 is 14.4 Å². The van der Waals surface area contributed by atoms with E-state index < -0.39 is 0 Å². The molecule has 0 fully saturated rings. The summed E-state index contributed by atoms with van der Waals surface area (Å²) in [7, 11) is 1.99. The number of nitrogens with one attached hydrogen (secondary N) is 1. The monoisotopic (exact) mass is 415 g/mol. The fourth-order valence-corrected chi connectivity index (χ4v) is 3.91. The van der Waals surface area contributed by atoms with Crippen LogP contribution in [0.4, 0.5) is 11.4 Å². The number of carbonyl (C=O) groups excluding carboxylic acids is 3. The van der Waals surface area contributed by atoms with E-state index in [-0.39, 0.29) is 30.7 Å². The van der Waals surface area contributed by atoms with Crippen LogP contribution in [-0.2, 0) is 4.79 Å². The van der Waals surface area contributed by atoms with Crippen molar-refractivity contribution in [1.82, 2.24) is 4.90 Å². The van der Waals surface area contributed by atoms with E-state index in [9.17, 15) is 14.4 Å². The van der Waals surface area contributed by atoms with Gasteiger partial charge in [-0.3, -0.25) is 19.3 Å². The Bertz CT molecular complexity index is 1120. The van der Waals surface area contributed by atoms with Crippen LogP contribution in [0.5, 0.6) is 0 Å². The molecule has 6 nitrogen and oxygen atoms in total. The van der Waals surface area contributed by atoms with Crippen molar-refractivity contribution in [2.24, 2.45) is 0 Å². The first-order chi connectivity index (χ1) is 15.0. The molecule has 0 spiro atoms. The summed E-state index contributed by atoms with van der Waals surface area (Å²) in [6.07, 6.45) is 0.618. The van der Waals surface area contributed by atoms with Crippen molar-refractivity contribution >= 4 is 39.9 Å². The molecule has 0 aliphatic carbocycles. The van der Waals surface area contributed by atoms with Crippen LogP contribution in [0.1, 0.15) is 40.5 Å². The molecule has 0 saturated carbocycles. The number of rotatable bonds is 7.